The van der Waals surface area contributed by atoms with E-state index >= 15 is 0 Å². The Bertz CT molecular complexity index is 343. The minimum absolute atomic E-state index is 0.167. The van der Waals surface area contributed by atoms with Gasteiger partial charge in [0.25, 0.3) is 10.1 Å². The summed E-state index contributed by atoms with van der Waals surface area (Å²) in [6, 6.07) is 0. The van der Waals surface area contributed by atoms with Crippen molar-refractivity contribution >= 4 is 10.1 Å². The Balaban J connectivity index is 1.83. The topological polar surface area (TPSA) is 71.1 Å². The summed E-state index contributed by atoms with van der Waals surface area (Å²) in [5.74, 6) is 0. The first-order valence-corrected chi connectivity index (χ1v) is 8.83. The minimum Gasteiger partial charge on any atom is -0.379 e. The highest BCUT2D eigenvalue weighted by atomic mass is 32.2. The molecule has 1 heterocycles. The van der Waals surface area contributed by atoms with Crippen molar-refractivity contribution in [3.8, 4) is 0 Å². The number of hydrogen-bond acceptors (Lipinski definition) is 7. The molecule has 0 saturated carbocycles. The second-order valence-electron chi connectivity index (χ2n) is 5.03. The van der Waals surface area contributed by atoms with Crippen LogP contribution < -0.4 is 5.32 Å². The van der Waals surface area contributed by atoms with Crippen molar-refractivity contribution in [3.63, 3.8) is 0 Å². The zero-order valence-corrected chi connectivity index (χ0v) is 13.3. The van der Waals surface area contributed by atoms with Crippen LogP contribution in [0.2, 0.25) is 0 Å². The third-order valence-electron chi connectivity index (χ3n) is 3.15. The number of nitrogens with zero attached hydrogens (tertiary/aromatic N) is 2. The number of hydrogen-bond donors (Lipinski definition) is 1. The third-order valence-corrected chi connectivity index (χ3v) is 3.74. The summed E-state index contributed by atoms with van der Waals surface area (Å²) >= 11 is 0. The van der Waals surface area contributed by atoms with Crippen molar-refractivity contribution in [1.82, 2.24) is 15.1 Å². The lowest BCUT2D eigenvalue weighted by Gasteiger charge is -2.32. The molecule has 0 amide bonds. The van der Waals surface area contributed by atoms with E-state index in [-0.39, 0.29) is 6.61 Å². The van der Waals surface area contributed by atoms with Crippen LogP contribution in [0.1, 0.15) is 0 Å². The molecule has 0 unspecified atom stereocenters. The summed E-state index contributed by atoms with van der Waals surface area (Å²) in [5.41, 5.74) is 0. The quantitative estimate of drug-likeness (QED) is 0.402. The van der Waals surface area contributed by atoms with E-state index in [9.17, 15) is 8.42 Å². The van der Waals surface area contributed by atoms with E-state index < -0.39 is 10.1 Å². The molecule has 1 fully saturated rings. The molecule has 1 N–H and O–H groups in total. The highest BCUT2D eigenvalue weighted by molar-refractivity contribution is 7.85. The van der Waals surface area contributed by atoms with Crippen molar-refractivity contribution in [2.75, 3.05) is 78.9 Å². The first-order chi connectivity index (χ1) is 9.47. The molecule has 0 spiro atoms. The van der Waals surface area contributed by atoms with Crippen LogP contribution in [0.4, 0.5) is 0 Å². The van der Waals surface area contributed by atoms with Crippen LogP contribution in [0.5, 0.6) is 0 Å². The number of piperazine rings is 1. The lowest BCUT2D eigenvalue weighted by Crippen LogP contribution is -2.45. The fourth-order valence-corrected chi connectivity index (χ4v) is 2.29. The lowest BCUT2D eigenvalue weighted by molar-refractivity contribution is 0.0828. The first-order valence-electron chi connectivity index (χ1n) is 7.01. The van der Waals surface area contributed by atoms with Crippen molar-refractivity contribution in [2.24, 2.45) is 0 Å². The van der Waals surface area contributed by atoms with E-state index in [4.69, 9.17) is 4.74 Å². The molecule has 0 aromatic carbocycles. The van der Waals surface area contributed by atoms with Gasteiger partial charge in [0.2, 0.25) is 0 Å². The number of ether oxygens (including phenoxy) is 1. The maximum atomic E-state index is 10.7. The van der Waals surface area contributed by atoms with Crippen LogP contribution in [-0.4, -0.2) is 97.2 Å². The Morgan fingerprint density at radius 2 is 1.70 bits per heavy atom. The number of likely N-dealkylation sites (N-methyl/N-ethyl adjacent to an activating group) is 1. The maximum absolute atomic E-state index is 10.7. The van der Waals surface area contributed by atoms with Crippen molar-refractivity contribution in [2.45, 2.75) is 0 Å². The second kappa shape index (κ2) is 9.64. The van der Waals surface area contributed by atoms with E-state index in [1.165, 1.54) is 0 Å². The molecule has 1 aliphatic heterocycles. The molecule has 0 aromatic heterocycles. The Kier molecular flexibility index (Phi) is 8.58. The van der Waals surface area contributed by atoms with Crippen LogP contribution in [0.15, 0.2) is 0 Å². The average Bonchev–Trinajstić information content (AvgIpc) is 2.37. The SMILES string of the molecule is CN1CCN(CCOCCNCCOS(C)(=O)=O)CC1. The van der Waals surface area contributed by atoms with Gasteiger partial charge in [-0.25, -0.2) is 0 Å². The maximum Gasteiger partial charge on any atom is 0.264 e. The Hall–Kier alpha value is -0.250. The van der Waals surface area contributed by atoms with E-state index in [1.807, 2.05) is 0 Å². The predicted molar refractivity (Wildman–Crippen MR) is 78.4 cm³/mol. The van der Waals surface area contributed by atoms with Crippen LogP contribution in [0, 0.1) is 0 Å². The second-order valence-corrected chi connectivity index (χ2v) is 6.68. The molecule has 0 radical (unpaired) electrons. The van der Waals surface area contributed by atoms with Gasteiger partial charge in [0.15, 0.2) is 0 Å². The van der Waals surface area contributed by atoms with Crippen molar-refractivity contribution in [3.05, 3.63) is 0 Å². The molecule has 8 heteroatoms. The van der Waals surface area contributed by atoms with E-state index in [0.717, 1.165) is 45.6 Å². The normalized spacial score (nSPS) is 18.5. The molecule has 1 aliphatic rings. The van der Waals surface area contributed by atoms with Crippen LogP contribution in [-0.2, 0) is 19.0 Å². The van der Waals surface area contributed by atoms with Crippen LogP contribution >= 0.6 is 0 Å². The summed E-state index contributed by atoms with van der Waals surface area (Å²) in [6.45, 7) is 8.21. The highest BCUT2D eigenvalue weighted by Gasteiger charge is 2.12. The summed E-state index contributed by atoms with van der Waals surface area (Å²) < 4.78 is 31.5. The summed E-state index contributed by atoms with van der Waals surface area (Å²) in [7, 11) is -1.18. The molecular formula is C12H27N3O4S. The molecule has 0 atom stereocenters. The van der Waals surface area contributed by atoms with Gasteiger partial charge >= 0.3 is 0 Å². The largest absolute Gasteiger partial charge is 0.379 e. The van der Waals surface area contributed by atoms with Gasteiger partial charge in [-0.3, -0.25) is 9.08 Å². The van der Waals surface area contributed by atoms with Gasteiger partial charge in [-0.05, 0) is 7.05 Å². The predicted octanol–water partition coefficient (Wildman–Crippen LogP) is -1.18. The number of nitrogens with one attached hydrogen (secondary N) is 1. The van der Waals surface area contributed by atoms with Crippen LogP contribution in [0.3, 0.4) is 0 Å². The van der Waals surface area contributed by atoms with Gasteiger partial charge in [0, 0.05) is 45.8 Å². The summed E-state index contributed by atoms with van der Waals surface area (Å²) in [6.07, 6.45) is 1.05. The minimum atomic E-state index is -3.32. The summed E-state index contributed by atoms with van der Waals surface area (Å²) in [4.78, 5) is 4.74. The van der Waals surface area contributed by atoms with E-state index in [2.05, 4.69) is 26.3 Å². The molecule has 7 nitrogen and oxygen atoms in total. The zero-order chi connectivity index (χ0) is 14.8. The summed E-state index contributed by atoms with van der Waals surface area (Å²) in [5, 5.41) is 3.07. The van der Waals surface area contributed by atoms with Gasteiger partial charge in [0.1, 0.15) is 0 Å². The van der Waals surface area contributed by atoms with Gasteiger partial charge in [-0.1, -0.05) is 0 Å². The molecular weight excluding hydrogens is 282 g/mol. The van der Waals surface area contributed by atoms with Gasteiger partial charge in [0.05, 0.1) is 26.1 Å². The Morgan fingerprint density at radius 3 is 2.35 bits per heavy atom. The Morgan fingerprint density at radius 1 is 1.05 bits per heavy atom. The average molecular weight is 309 g/mol. The fraction of sp³-hybridized carbons (Fsp3) is 1.00. The van der Waals surface area contributed by atoms with Gasteiger partial charge in [-0.2, -0.15) is 8.42 Å². The molecule has 1 saturated heterocycles. The first kappa shape index (κ1) is 17.8. The van der Waals surface area contributed by atoms with Crippen molar-refractivity contribution < 1.29 is 17.3 Å². The molecule has 0 bridgehead atoms. The van der Waals surface area contributed by atoms with E-state index in [0.29, 0.717) is 19.7 Å². The number of rotatable bonds is 10. The molecule has 0 aromatic rings. The molecule has 1 rings (SSSR count). The van der Waals surface area contributed by atoms with E-state index in [1.54, 1.807) is 0 Å². The van der Waals surface area contributed by atoms with Crippen LogP contribution in [0.25, 0.3) is 0 Å². The monoisotopic (exact) mass is 309 g/mol. The molecule has 20 heavy (non-hydrogen) atoms. The third kappa shape index (κ3) is 9.62. The zero-order valence-electron chi connectivity index (χ0n) is 12.5. The fourth-order valence-electron chi connectivity index (χ4n) is 1.90. The highest BCUT2D eigenvalue weighted by Crippen LogP contribution is 1.98. The molecule has 0 aliphatic carbocycles. The van der Waals surface area contributed by atoms with Gasteiger partial charge < -0.3 is 15.0 Å². The van der Waals surface area contributed by atoms with Crippen molar-refractivity contribution in [1.29, 1.82) is 0 Å². The Labute approximate surface area is 122 Å². The van der Waals surface area contributed by atoms with Gasteiger partial charge in [-0.15, -0.1) is 0 Å². The lowest BCUT2D eigenvalue weighted by atomic mass is 10.3. The standard InChI is InChI=1S/C12H27N3O4S/c1-14-5-7-15(8-6-14)9-12-18-10-3-13-4-11-19-20(2,16)17/h13H,3-12H2,1-2H3. The smallest absolute Gasteiger partial charge is 0.264 e. The molecule has 120 valence electrons.